The number of carboxylic acids is 1. The fourth-order valence-electron chi connectivity index (χ4n) is 2.21. The topological polar surface area (TPSA) is 55.8 Å². The van der Waals surface area contributed by atoms with Crippen LogP contribution in [0.1, 0.15) is 31.4 Å². The zero-order valence-electron chi connectivity index (χ0n) is 12.0. The molecule has 20 heavy (non-hydrogen) atoms. The molecule has 1 aliphatic rings. The molecule has 2 rings (SSSR count). The first-order valence-electron chi connectivity index (χ1n) is 6.64. The normalized spacial score (nSPS) is 14.8. The number of carboxylic acid groups (broad SMARTS) is 1. The molecule has 1 aromatic rings. The fourth-order valence-corrected chi connectivity index (χ4v) is 2.51. The Morgan fingerprint density at radius 1 is 1.40 bits per heavy atom. The molecule has 1 heterocycles. The number of ether oxygens (including phenoxy) is 2. The molecule has 110 valence electrons. The Hall–Kier alpha value is -1.42. The van der Waals surface area contributed by atoms with Gasteiger partial charge in [0, 0.05) is 17.5 Å². The molecule has 0 aromatic heterocycles. The molecule has 0 amide bonds. The molecule has 0 radical (unpaired) electrons. The van der Waals surface area contributed by atoms with Crippen molar-refractivity contribution in [1.82, 2.24) is 0 Å². The van der Waals surface area contributed by atoms with Gasteiger partial charge in [0.1, 0.15) is 0 Å². The molecule has 5 heteroatoms. The van der Waals surface area contributed by atoms with E-state index in [1.54, 1.807) is 19.9 Å². The Labute approximate surface area is 123 Å². The number of aliphatic carboxylic acids is 1. The van der Waals surface area contributed by atoms with Crippen LogP contribution < -0.4 is 9.47 Å². The number of carbonyl (C=O) groups is 1. The molecule has 0 spiro atoms. The maximum absolute atomic E-state index is 11.3. The lowest BCUT2D eigenvalue weighted by molar-refractivity contribution is -0.146. The monoisotopic (exact) mass is 298 g/mol. The van der Waals surface area contributed by atoms with Crippen LogP contribution in [0.3, 0.4) is 0 Å². The summed E-state index contributed by atoms with van der Waals surface area (Å²) in [5.74, 6) is 0.477. The summed E-state index contributed by atoms with van der Waals surface area (Å²) in [6.45, 7) is 6.47. The molecule has 0 aliphatic carbocycles. The van der Waals surface area contributed by atoms with Gasteiger partial charge in [0.05, 0.1) is 18.6 Å². The first-order valence-corrected chi connectivity index (χ1v) is 7.01. The minimum Gasteiger partial charge on any atom is -0.489 e. The lowest BCUT2D eigenvalue weighted by atomic mass is 9.84. The van der Waals surface area contributed by atoms with Gasteiger partial charge in [-0.3, -0.25) is 4.79 Å². The second-order valence-corrected chi connectivity index (χ2v) is 6.11. The van der Waals surface area contributed by atoms with E-state index in [1.165, 1.54) is 0 Å². The van der Waals surface area contributed by atoms with Crippen molar-refractivity contribution in [1.29, 1.82) is 0 Å². The van der Waals surface area contributed by atoms with Gasteiger partial charge in [-0.25, -0.2) is 0 Å². The molecule has 0 fully saturated rings. The van der Waals surface area contributed by atoms with Crippen LogP contribution in [0.2, 0.25) is 5.02 Å². The standard InChI is InChI=1S/C15H19ClO4/c1-9-10(8-15(2,3)14(17)18)11(16)7-12-13(9)20-6-4-5-19-12/h7H,4-6,8H2,1-3H3,(H,17,18). The number of hydrogen-bond donors (Lipinski definition) is 1. The van der Waals surface area contributed by atoms with Crippen LogP contribution in [-0.4, -0.2) is 24.3 Å². The molecule has 4 nitrogen and oxygen atoms in total. The van der Waals surface area contributed by atoms with Crippen LogP contribution in [0.15, 0.2) is 6.07 Å². The van der Waals surface area contributed by atoms with Gasteiger partial charge in [-0.1, -0.05) is 11.6 Å². The quantitative estimate of drug-likeness (QED) is 0.928. The summed E-state index contributed by atoms with van der Waals surface area (Å²) in [5.41, 5.74) is 0.792. The Morgan fingerprint density at radius 3 is 2.70 bits per heavy atom. The second-order valence-electron chi connectivity index (χ2n) is 5.71. The highest BCUT2D eigenvalue weighted by Gasteiger charge is 2.30. The minimum atomic E-state index is -0.881. The van der Waals surface area contributed by atoms with Crippen LogP contribution in [0, 0.1) is 12.3 Å². The molecule has 0 unspecified atom stereocenters. The number of rotatable bonds is 3. The van der Waals surface area contributed by atoms with Crippen molar-refractivity contribution in [3.8, 4) is 11.5 Å². The van der Waals surface area contributed by atoms with Gasteiger partial charge < -0.3 is 14.6 Å². The summed E-state index contributed by atoms with van der Waals surface area (Å²) in [4.78, 5) is 11.3. The Bertz CT molecular complexity index is 537. The Morgan fingerprint density at radius 2 is 2.05 bits per heavy atom. The average molecular weight is 299 g/mol. The van der Waals surface area contributed by atoms with E-state index in [4.69, 9.17) is 21.1 Å². The minimum absolute atomic E-state index is 0.351. The highest BCUT2D eigenvalue weighted by molar-refractivity contribution is 6.31. The van der Waals surface area contributed by atoms with Crippen molar-refractivity contribution in [2.45, 2.75) is 33.6 Å². The summed E-state index contributed by atoms with van der Waals surface area (Å²) in [7, 11) is 0. The van der Waals surface area contributed by atoms with Crippen LogP contribution in [-0.2, 0) is 11.2 Å². The number of halogens is 1. The molecule has 0 atom stereocenters. The van der Waals surface area contributed by atoms with E-state index in [-0.39, 0.29) is 0 Å². The SMILES string of the molecule is Cc1c(CC(C)(C)C(=O)O)c(Cl)cc2c1OCCCO2. The fraction of sp³-hybridized carbons (Fsp3) is 0.533. The van der Waals surface area contributed by atoms with E-state index in [2.05, 4.69) is 0 Å². The van der Waals surface area contributed by atoms with Crippen molar-refractivity contribution in [2.75, 3.05) is 13.2 Å². The zero-order valence-corrected chi connectivity index (χ0v) is 12.7. The van der Waals surface area contributed by atoms with E-state index in [0.29, 0.717) is 36.2 Å². The largest absolute Gasteiger partial charge is 0.489 e. The summed E-state index contributed by atoms with van der Waals surface area (Å²) in [5, 5.41) is 9.80. The first kappa shape index (κ1) is 15.0. The third-order valence-electron chi connectivity index (χ3n) is 3.55. The Kier molecular flexibility index (Phi) is 4.14. The van der Waals surface area contributed by atoms with E-state index < -0.39 is 11.4 Å². The van der Waals surface area contributed by atoms with Crippen molar-refractivity contribution < 1.29 is 19.4 Å². The maximum atomic E-state index is 11.3. The van der Waals surface area contributed by atoms with Gasteiger partial charge >= 0.3 is 5.97 Å². The van der Waals surface area contributed by atoms with Gasteiger partial charge in [0.2, 0.25) is 0 Å². The van der Waals surface area contributed by atoms with E-state index in [9.17, 15) is 9.90 Å². The summed E-state index contributed by atoms with van der Waals surface area (Å²) in [6.07, 6.45) is 1.17. The Balaban J connectivity index is 2.44. The van der Waals surface area contributed by atoms with Gasteiger partial charge in [-0.2, -0.15) is 0 Å². The zero-order chi connectivity index (χ0) is 14.9. The van der Waals surface area contributed by atoms with Crippen LogP contribution in [0.4, 0.5) is 0 Å². The number of fused-ring (bicyclic) bond motifs is 1. The van der Waals surface area contributed by atoms with Crippen LogP contribution in [0.5, 0.6) is 11.5 Å². The van der Waals surface area contributed by atoms with Gasteiger partial charge in [0.25, 0.3) is 0 Å². The first-order chi connectivity index (χ1) is 9.33. The maximum Gasteiger partial charge on any atom is 0.309 e. The van der Waals surface area contributed by atoms with Crippen molar-refractivity contribution in [3.05, 3.63) is 22.2 Å². The summed E-state index contributed by atoms with van der Waals surface area (Å²) < 4.78 is 11.3. The van der Waals surface area contributed by atoms with Gasteiger partial charge in [-0.15, -0.1) is 0 Å². The van der Waals surface area contributed by atoms with Gasteiger partial charge in [0.15, 0.2) is 11.5 Å². The molecule has 1 aliphatic heterocycles. The number of benzene rings is 1. The lowest BCUT2D eigenvalue weighted by Gasteiger charge is -2.23. The van der Waals surface area contributed by atoms with Crippen molar-refractivity contribution in [3.63, 3.8) is 0 Å². The highest BCUT2D eigenvalue weighted by Crippen LogP contribution is 2.41. The van der Waals surface area contributed by atoms with Crippen molar-refractivity contribution in [2.24, 2.45) is 5.41 Å². The molecule has 1 aromatic carbocycles. The van der Waals surface area contributed by atoms with Crippen LogP contribution in [0.25, 0.3) is 0 Å². The molecule has 1 N–H and O–H groups in total. The highest BCUT2D eigenvalue weighted by atomic mass is 35.5. The number of hydrogen-bond acceptors (Lipinski definition) is 3. The summed E-state index contributed by atoms with van der Waals surface area (Å²) in [6, 6.07) is 1.72. The van der Waals surface area contributed by atoms with Crippen LogP contribution >= 0.6 is 11.6 Å². The van der Waals surface area contributed by atoms with Gasteiger partial charge in [-0.05, 0) is 38.3 Å². The molecule has 0 bridgehead atoms. The van der Waals surface area contributed by atoms with E-state index >= 15 is 0 Å². The predicted molar refractivity (Wildman–Crippen MR) is 76.9 cm³/mol. The molecule has 0 saturated carbocycles. The molecule has 0 saturated heterocycles. The predicted octanol–water partition coefficient (Wildman–Crippen LogP) is 3.46. The molecular formula is C15H19ClO4. The lowest BCUT2D eigenvalue weighted by Crippen LogP contribution is -2.26. The van der Waals surface area contributed by atoms with E-state index in [1.807, 2.05) is 6.92 Å². The third kappa shape index (κ3) is 2.85. The summed E-state index contributed by atoms with van der Waals surface area (Å²) >= 11 is 6.30. The average Bonchev–Trinajstić information content (AvgIpc) is 2.59. The van der Waals surface area contributed by atoms with E-state index in [0.717, 1.165) is 17.5 Å². The second kappa shape index (κ2) is 5.52. The smallest absolute Gasteiger partial charge is 0.309 e. The van der Waals surface area contributed by atoms with Crippen molar-refractivity contribution >= 4 is 17.6 Å². The molecular weight excluding hydrogens is 280 g/mol. The third-order valence-corrected chi connectivity index (χ3v) is 3.89.